The van der Waals surface area contributed by atoms with Crippen LogP contribution in [0.25, 0.3) is 0 Å². The van der Waals surface area contributed by atoms with Crippen LogP contribution >= 0.6 is 15.9 Å². The van der Waals surface area contributed by atoms with Gasteiger partial charge in [0.15, 0.2) is 0 Å². The largest absolute Gasteiger partial charge is 0.466 e. The summed E-state index contributed by atoms with van der Waals surface area (Å²) in [6.07, 6.45) is 0.922. The number of aliphatic hydroxyl groups is 1. The molecule has 0 bridgehead atoms. The molecule has 19 heavy (non-hydrogen) atoms. The van der Waals surface area contributed by atoms with Crippen molar-refractivity contribution < 1.29 is 13.9 Å². The van der Waals surface area contributed by atoms with Crippen LogP contribution in [0.4, 0.5) is 4.39 Å². The number of aliphatic hydroxyl groups excluding tert-OH is 1. The number of nitrogens with one attached hydrogen (secondary N) is 1. The van der Waals surface area contributed by atoms with E-state index in [4.69, 9.17) is 4.42 Å². The summed E-state index contributed by atoms with van der Waals surface area (Å²) in [5.41, 5.74) is 0.680. The van der Waals surface area contributed by atoms with Gasteiger partial charge in [0.1, 0.15) is 11.6 Å². The highest BCUT2D eigenvalue weighted by atomic mass is 79.9. The highest BCUT2D eigenvalue weighted by Crippen LogP contribution is 2.24. The number of rotatable bonds is 5. The minimum absolute atomic E-state index is 0.0283. The van der Waals surface area contributed by atoms with E-state index in [0.717, 1.165) is 10.2 Å². The molecule has 0 radical (unpaired) electrons. The topological polar surface area (TPSA) is 45.4 Å². The zero-order valence-electron chi connectivity index (χ0n) is 10.4. The molecule has 3 nitrogen and oxygen atoms in total. The number of benzene rings is 1. The number of hydrogen-bond acceptors (Lipinski definition) is 3. The first kappa shape index (κ1) is 14.2. The lowest BCUT2D eigenvalue weighted by Crippen LogP contribution is -2.24. The number of furan rings is 1. The van der Waals surface area contributed by atoms with Gasteiger partial charge in [-0.25, -0.2) is 4.39 Å². The van der Waals surface area contributed by atoms with E-state index in [1.165, 1.54) is 12.1 Å². The maximum absolute atomic E-state index is 12.8. The van der Waals surface area contributed by atoms with E-state index in [1.807, 2.05) is 13.0 Å². The molecule has 0 aliphatic rings. The summed E-state index contributed by atoms with van der Waals surface area (Å²) in [6, 6.07) is 7.63. The molecule has 2 aromatic rings. The SMILES string of the molecule is CC(NCC(O)c1ccc(F)cc1)c1occc1Br. The van der Waals surface area contributed by atoms with Crippen LogP contribution in [0.3, 0.4) is 0 Å². The monoisotopic (exact) mass is 327 g/mol. The summed E-state index contributed by atoms with van der Waals surface area (Å²) in [7, 11) is 0. The van der Waals surface area contributed by atoms with E-state index in [1.54, 1.807) is 18.4 Å². The maximum Gasteiger partial charge on any atom is 0.134 e. The lowest BCUT2D eigenvalue weighted by Gasteiger charge is -2.16. The van der Waals surface area contributed by atoms with E-state index in [-0.39, 0.29) is 11.9 Å². The van der Waals surface area contributed by atoms with Crippen molar-refractivity contribution in [3.63, 3.8) is 0 Å². The van der Waals surface area contributed by atoms with E-state index in [2.05, 4.69) is 21.2 Å². The summed E-state index contributed by atoms with van der Waals surface area (Å²) in [6.45, 7) is 2.31. The standard InChI is InChI=1S/C14H15BrFNO2/c1-9(14-12(15)6-7-19-14)17-8-13(18)10-2-4-11(16)5-3-10/h2-7,9,13,17-18H,8H2,1H3. The molecule has 2 rings (SSSR count). The predicted molar refractivity (Wildman–Crippen MR) is 74.2 cm³/mol. The lowest BCUT2D eigenvalue weighted by atomic mass is 10.1. The Morgan fingerprint density at radius 2 is 2.00 bits per heavy atom. The van der Waals surface area contributed by atoms with Crippen molar-refractivity contribution in [3.05, 3.63) is 58.2 Å². The Kier molecular flexibility index (Phi) is 4.74. The zero-order valence-corrected chi connectivity index (χ0v) is 12.0. The van der Waals surface area contributed by atoms with Gasteiger partial charge in [0.05, 0.1) is 22.9 Å². The van der Waals surface area contributed by atoms with E-state index in [0.29, 0.717) is 12.1 Å². The predicted octanol–water partition coefficient (Wildman–Crippen LogP) is 3.57. The van der Waals surface area contributed by atoms with E-state index < -0.39 is 6.10 Å². The van der Waals surface area contributed by atoms with Crippen molar-refractivity contribution >= 4 is 15.9 Å². The van der Waals surface area contributed by atoms with Crippen molar-refractivity contribution in [1.29, 1.82) is 0 Å². The first-order chi connectivity index (χ1) is 9.08. The number of halogens is 2. The van der Waals surface area contributed by atoms with Gasteiger partial charge in [0.2, 0.25) is 0 Å². The Hall–Kier alpha value is -1.17. The quantitative estimate of drug-likeness (QED) is 0.882. The third-order valence-corrected chi connectivity index (χ3v) is 3.57. The van der Waals surface area contributed by atoms with Gasteiger partial charge in [0.25, 0.3) is 0 Å². The Balaban J connectivity index is 1.91. The Morgan fingerprint density at radius 3 is 2.58 bits per heavy atom. The first-order valence-electron chi connectivity index (χ1n) is 5.97. The fourth-order valence-electron chi connectivity index (χ4n) is 1.80. The Morgan fingerprint density at radius 1 is 1.32 bits per heavy atom. The smallest absolute Gasteiger partial charge is 0.134 e. The fourth-order valence-corrected chi connectivity index (χ4v) is 2.34. The molecule has 0 aliphatic heterocycles. The summed E-state index contributed by atoms with van der Waals surface area (Å²) in [4.78, 5) is 0. The lowest BCUT2D eigenvalue weighted by molar-refractivity contribution is 0.169. The summed E-state index contributed by atoms with van der Waals surface area (Å²) >= 11 is 3.39. The average Bonchev–Trinajstić information content (AvgIpc) is 2.83. The Labute approximate surface area is 119 Å². The van der Waals surface area contributed by atoms with Crippen LogP contribution in [0.15, 0.2) is 45.5 Å². The molecule has 2 atom stereocenters. The van der Waals surface area contributed by atoms with Crippen LogP contribution in [-0.4, -0.2) is 11.7 Å². The molecule has 102 valence electrons. The second-order valence-electron chi connectivity index (χ2n) is 4.33. The first-order valence-corrected chi connectivity index (χ1v) is 6.77. The second kappa shape index (κ2) is 6.32. The van der Waals surface area contributed by atoms with Crippen molar-refractivity contribution in [2.24, 2.45) is 0 Å². The van der Waals surface area contributed by atoms with Gasteiger partial charge in [0, 0.05) is 6.54 Å². The minimum atomic E-state index is -0.684. The van der Waals surface area contributed by atoms with Crippen LogP contribution in [-0.2, 0) is 0 Å². The van der Waals surface area contributed by atoms with Gasteiger partial charge >= 0.3 is 0 Å². The van der Waals surface area contributed by atoms with Gasteiger partial charge in [-0.05, 0) is 46.6 Å². The van der Waals surface area contributed by atoms with Crippen molar-refractivity contribution in [2.75, 3.05) is 6.54 Å². The Bertz CT molecular complexity index is 526. The van der Waals surface area contributed by atoms with Gasteiger partial charge in [-0.3, -0.25) is 0 Å². The molecule has 2 unspecified atom stereocenters. The normalized spacial score (nSPS) is 14.3. The molecule has 0 fully saturated rings. The average molecular weight is 328 g/mol. The molecule has 2 N–H and O–H groups in total. The highest BCUT2D eigenvalue weighted by molar-refractivity contribution is 9.10. The third-order valence-electron chi connectivity index (χ3n) is 2.91. The van der Waals surface area contributed by atoms with Gasteiger partial charge in [-0.15, -0.1) is 0 Å². The molecule has 0 aliphatic carbocycles. The zero-order chi connectivity index (χ0) is 13.8. The molecule has 0 spiro atoms. The molecular weight excluding hydrogens is 313 g/mol. The van der Waals surface area contributed by atoms with Crippen LogP contribution in [0, 0.1) is 5.82 Å². The third kappa shape index (κ3) is 3.65. The number of hydrogen-bond donors (Lipinski definition) is 2. The van der Waals surface area contributed by atoms with Gasteiger partial charge in [-0.1, -0.05) is 12.1 Å². The van der Waals surface area contributed by atoms with E-state index in [9.17, 15) is 9.50 Å². The van der Waals surface area contributed by atoms with E-state index >= 15 is 0 Å². The van der Waals surface area contributed by atoms with Crippen LogP contribution in [0.5, 0.6) is 0 Å². The van der Waals surface area contributed by atoms with Crippen molar-refractivity contribution in [2.45, 2.75) is 19.1 Å². The van der Waals surface area contributed by atoms with Crippen molar-refractivity contribution in [1.82, 2.24) is 5.32 Å². The molecule has 1 aromatic heterocycles. The highest BCUT2D eigenvalue weighted by Gasteiger charge is 2.15. The van der Waals surface area contributed by atoms with Crippen LogP contribution in [0.1, 0.15) is 30.4 Å². The van der Waals surface area contributed by atoms with Crippen LogP contribution in [0.2, 0.25) is 0 Å². The van der Waals surface area contributed by atoms with Gasteiger partial charge in [-0.2, -0.15) is 0 Å². The van der Waals surface area contributed by atoms with Gasteiger partial charge < -0.3 is 14.8 Å². The molecule has 1 aromatic carbocycles. The summed E-state index contributed by atoms with van der Waals surface area (Å²) in [5.74, 6) is 0.475. The fraction of sp³-hybridized carbons (Fsp3) is 0.286. The molecule has 0 saturated heterocycles. The van der Waals surface area contributed by atoms with Crippen molar-refractivity contribution in [3.8, 4) is 0 Å². The maximum atomic E-state index is 12.8. The summed E-state index contributed by atoms with van der Waals surface area (Å²) in [5, 5.41) is 13.2. The van der Waals surface area contributed by atoms with Crippen LogP contribution < -0.4 is 5.32 Å². The molecule has 0 saturated carbocycles. The molecular formula is C14H15BrFNO2. The summed E-state index contributed by atoms with van der Waals surface area (Å²) < 4.78 is 19.0. The minimum Gasteiger partial charge on any atom is -0.466 e. The second-order valence-corrected chi connectivity index (χ2v) is 5.18. The molecule has 1 heterocycles. The molecule has 5 heteroatoms. The molecule has 0 amide bonds.